The van der Waals surface area contributed by atoms with Gasteiger partial charge in [0, 0.05) is 25.9 Å². The Morgan fingerprint density at radius 1 is 1.29 bits per heavy atom. The zero-order valence-electron chi connectivity index (χ0n) is 10.2. The monoisotopic (exact) mass is 230 g/mol. The largest absolute Gasteiger partial charge is 0.366 e. The van der Waals surface area contributed by atoms with Gasteiger partial charge in [0.2, 0.25) is 0 Å². The number of hydrogen-bond acceptors (Lipinski definition) is 3. The summed E-state index contributed by atoms with van der Waals surface area (Å²) in [6.45, 7) is 2.66. The summed E-state index contributed by atoms with van der Waals surface area (Å²) in [5.74, 6) is 0.847. The fourth-order valence-corrected chi connectivity index (χ4v) is 1.70. The van der Waals surface area contributed by atoms with Crippen molar-refractivity contribution in [2.75, 3.05) is 11.9 Å². The maximum atomic E-state index is 6.30. The normalized spacial score (nSPS) is 14.3. The highest BCUT2D eigenvalue weighted by Crippen LogP contribution is 2.17. The Labute approximate surface area is 101 Å². The Morgan fingerprint density at radius 2 is 2.00 bits per heavy atom. The molecule has 0 radical (unpaired) electrons. The molecule has 4 heteroatoms. The van der Waals surface area contributed by atoms with Crippen LogP contribution in [0.5, 0.6) is 0 Å². The van der Waals surface area contributed by atoms with E-state index in [1.165, 1.54) is 0 Å². The highest BCUT2D eigenvalue weighted by molar-refractivity contribution is 5.34. The molecule has 90 valence electrons. The molecule has 3 N–H and O–H groups in total. The molecule has 0 aliphatic heterocycles. The molecule has 1 aromatic carbocycles. The van der Waals surface area contributed by atoms with Crippen LogP contribution >= 0.6 is 0 Å². The average Bonchev–Trinajstić information content (AvgIpc) is 2.74. The van der Waals surface area contributed by atoms with Crippen molar-refractivity contribution >= 4 is 5.82 Å². The van der Waals surface area contributed by atoms with Gasteiger partial charge in [-0.25, -0.2) is 0 Å². The highest BCUT2D eigenvalue weighted by atomic mass is 15.3. The molecule has 1 aromatic heterocycles. The van der Waals surface area contributed by atoms with Gasteiger partial charge in [0.1, 0.15) is 5.82 Å². The third-order valence-electron chi connectivity index (χ3n) is 2.78. The van der Waals surface area contributed by atoms with E-state index in [1.807, 2.05) is 56.6 Å². The lowest BCUT2D eigenvalue weighted by Crippen LogP contribution is -2.40. The Bertz CT molecular complexity index is 473. The van der Waals surface area contributed by atoms with Crippen LogP contribution in [0.3, 0.4) is 0 Å². The van der Waals surface area contributed by atoms with Crippen LogP contribution in [0, 0.1) is 0 Å². The number of benzene rings is 1. The Kier molecular flexibility index (Phi) is 3.15. The highest BCUT2D eigenvalue weighted by Gasteiger charge is 2.20. The quantitative estimate of drug-likeness (QED) is 0.840. The minimum atomic E-state index is -0.404. The van der Waals surface area contributed by atoms with Crippen LogP contribution in [0.4, 0.5) is 5.82 Å². The van der Waals surface area contributed by atoms with Crippen LogP contribution in [-0.4, -0.2) is 16.3 Å². The smallest absolute Gasteiger partial charge is 0.148 e. The lowest BCUT2D eigenvalue weighted by molar-refractivity contribution is 0.523. The molecule has 0 spiro atoms. The number of anilines is 1. The van der Waals surface area contributed by atoms with Gasteiger partial charge in [-0.05, 0) is 12.5 Å². The first-order valence-corrected chi connectivity index (χ1v) is 5.66. The van der Waals surface area contributed by atoms with Crippen molar-refractivity contribution in [1.29, 1.82) is 0 Å². The van der Waals surface area contributed by atoms with Crippen molar-refractivity contribution in [3.63, 3.8) is 0 Å². The van der Waals surface area contributed by atoms with E-state index in [2.05, 4.69) is 10.4 Å². The maximum absolute atomic E-state index is 6.30. The fraction of sp³-hybridized carbons (Fsp3) is 0.308. The summed E-state index contributed by atoms with van der Waals surface area (Å²) in [7, 11) is 1.89. The van der Waals surface area contributed by atoms with Crippen molar-refractivity contribution in [1.82, 2.24) is 9.78 Å². The second kappa shape index (κ2) is 4.59. The number of nitrogens with two attached hydrogens (primary N) is 1. The standard InChI is InChI=1S/C13H18N4/c1-13(14,11-6-4-3-5-7-11)10-15-12-8-9-17(2)16-12/h3-9H,10,14H2,1-2H3,(H,15,16). The van der Waals surface area contributed by atoms with E-state index in [9.17, 15) is 0 Å². The first kappa shape index (κ1) is 11.7. The molecule has 0 aliphatic carbocycles. The zero-order valence-corrected chi connectivity index (χ0v) is 10.2. The molecule has 4 nitrogen and oxygen atoms in total. The van der Waals surface area contributed by atoms with Gasteiger partial charge in [0.05, 0.1) is 5.54 Å². The van der Waals surface area contributed by atoms with E-state index in [4.69, 9.17) is 5.73 Å². The number of aromatic nitrogens is 2. The molecule has 0 saturated carbocycles. The minimum absolute atomic E-state index is 0.404. The SMILES string of the molecule is Cn1ccc(NCC(C)(N)c2ccccc2)n1. The van der Waals surface area contributed by atoms with Crippen LogP contribution in [0.2, 0.25) is 0 Å². The van der Waals surface area contributed by atoms with Gasteiger partial charge >= 0.3 is 0 Å². The van der Waals surface area contributed by atoms with E-state index >= 15 is 0 Å². The lowest BCUT2D eigenvalue weighted by Gasteiger charge is -2.25. The second-order valence-corrected chi connectivity index (χ2v) is 4.51. The first-order valence-electron chi connectivity index (χ1n) is 5.66. The topological polar surface area (TPSA) is 55.9 Å². The van der Waals surface area contributed by atoms with Gasteiger partial charge in [0.15, 0.2) is 0 Å². The molecular formula is C13H18N4. The van der Waals surface area contributed by atoms with Crippen LogP contribution in [0.1, 0.15) is 12.5 Å². The van der Waals surface area contributed by atoms with Crippen LogP contribution < -0.4 is 11.1 Å². The molecule has 1 unspecified atom stereocenters. The molecule has 0 aliphatic rings. The van der Waals surface area contributed by atoms with E-state index in [0.29, 0.717) is 6.54 Å². The van der Waals surface area contributed by atoms with Gasteiger partial charge in [-0.2, -0.15) is 5.10 Å². The molecule has 2 rings (SSSR count). The molecular weight excluding hydrogens is 212 g/mol. The summed E-state index contributed by atoms with van der Waals surface area (Å²) in [4.78, 5) is 0. The predicted octanol–water partition coefficient (Wildman–Crippen LogP) is 1.71. The number of hydrogen-bond donors (Lipinski definition) is 2. The van der Waals surface area contributed by atoms with Crippen molar-refractivity contribution < 1.29 is 0 Å². The number of rotatable bonds is 4. The molecule has 1 atom stereocenters. The van der Waals surface area contributed by atoms with Crippen LogP contribution in [-0.2, 0) is 12.6 Å². The zero-order chi connectivity index (χ0) is 12.3. The van der Waals surface area contributed by atoms with Crippen molar-refractivity contribution in [3.05, 3.63) is 48.2 Å². The van der Waals surface area contributed by atoms with Crippen molar-refractivity contribution in [2.45, 2.75) is 12.5 Å². The molecule has 0 bridgehead atoms. The summed E-state index contributed by atoms with van der Waals surface area (Å²) < 4.78 is 1.76. The fourth-order valence-electron chi connectivity index (χ4n) is 1.70. The minimum Gasteiger partial charge on any atom is -0.366 e. The molecule has 1 heterocycles. The van der Waals surface area contributed by atoms with E-state index < -0.39 is 5.54 Å². The van der Waals surface area contributed by atoms with Gasteiger partial charge in [-0.15, -0.1) is 0 Å². The Morgan fingerprint density at radius 3 is 2.59 bits per heavy atom. The van der Waals surface area contributed by atoms with Crippen molar-refractivity contribution in [2.24, 2.45) is 12.8 Å². The van der Waals surface area contributed by atoms with E-state index in [0.717, 1.165) is 11.4 Å². The Hall–Kier alpha value is -1.81. The summed E-state index contributed by atoms with van der Waals surface area (Å²) in [5, 5.41) is 7.50. The molecule has 0 fully saturated rings. The van der Waals surface area contributed by atoms with Crippen LogP contribution in [0.25, 0.3) is 0 Å². The van der Waals surface area contributed by atoms with Gasteiger partial charge in [-0.3, -0.25) is 4.68 Å². The summed E-state index contributed by atoms with van der Waals surface area (Å²) in [5.41, 5.74) is 7.01. The average molecular weight is 230 g/mol. The summed E-state index contributed by atoms with van der Waals surface area (Å²) >= 11 is 0. The van der Waals surface area contributed by atoms with E-state index in [1.54, 1.807) is 4.68 Å². The number of nitrogens with one attached hydrogen (secondary N) is 1. The molecule has 0 saturated heterocycles. The molecule has 17 heavy (non-hydrogen) atoms. The van der Waals surface area contributed by atoms with E-state index in [-0.39, 0.29) is 0 Å². The molecule has 2 aromatic rings. The summed E-state index contributed by atoms with van der Waals surface area (Å²) in [6.07, 6.45) is 1.90. The third-order valence-corrected chi connectivity index (χ3v) is 2.78. The molecule has 0 amide bonds. The third kappa shape index (κ3) is 2.85. The van der Waals surface area contributed by atoms with Gasteiger partial charge in [0.25, 0.3) is 0 Å². The number of nitrogens with zero attached hydrogens (tertiary/aromatic N) is 2. The Balaban J connectivity index is 2.03. The van der Waals surface area contributed by atoms with Gasteiger partial charge < -0.3 is 11.1 Å². The summed E-state index contributed by atoms with van der Waals surface area (Å²) in [6, 6.07) is 12.0. The lowest BCUT2D eigenvalue weighted by atomic mass is 9.93. The second-order valence-electron chi connectivity index (χ2n) is 4.51. The van der Waals surface area contributed by atoms with Crippen molar-refractivity contribution in [3.8, 4) is 0 Å². The van der Waals surface area contributed by atoms with Crippen LogP contribution in [0.15, 0.2) is 42.6 Å². The van der Waals surface area contributed by atoms with Gasteiger partial charge in [-0.1, -0.05) is 30.3 Å². The number of aryl methyl sites for hydroxylation is 1. The maximum Gasteiger partial charge on any atom is 0.148 e. The predicted molar refractivity (Wildman–Crippen MR) is 69.7 cm³/mol. The first-order chi connectivity index (χ1) is 8.08.